The molecular formula is C20H22N4O3. The van der Waals surface area contributed by atoms with Crippen molar-refractivity contribution in [3.8, 4) is 11.5 Å². The van der Waals surface area contributed by atoms with Crippen LogP contribution in [0.5, 0.6) is 11.5 Å². The normalized spacial score (nSPS) is 23.7. The number of fused-ring (bicyclic) bond motifs is 3. The molecule has 0 saturated carbocycles. The molecule has 2 aromatic rings. The van der Waals surface area contributed by atoms with Gasteiger partial charge in [-0.05, 0) is 36.1 Å². The summed E-state index contributed by atoms with van der Waals surface area (Å²) in [5, 5.41) is 14.1. The van der Waals surface area contributed by atoms with Gasteiger partial charge in [0.25, 0.3) is 5.91 Å². The molecule has 0 aromatic heterocycles. The van der Waals surface area contributed by atoms with Gasteiger partial charge in [0.05, 0.1) is 19.4 Å². The van der Waals surface area contributed by atoms with Crippen LogP contribution in [0, 0.1) is 5.92 Å². The first-order chi connectivity index (χ1) is 13.2. The summed E-state index contributed by atoms with van der Waals surface area (Å²) < 4.78 is 5.06. The van der Waals surface area contributed by atoms with Crippen molar-refractivity contribution in [2.24, 2.45) is 11.0 Å². The number of nitrogens with zero attached hydrogens (tertiary/aromatic N) is 1. The number of carbonyl (C=O) groups excluding carboxylic acids is 1. The first-order valence-corrected chi connectivity index (χ1v) is 8.97. The summed E-state index contributed by atoms with van der Waals surface area (Å²) >= 11 is 0. The lowest BCUT2D eigenvalue weighted by atomic mass is 9.77. The molecule has 7 heteroatoms. The number of hydrogen-bond donors (Lipinski definition) is 4. The Hall–Kier alpha value is -2.90. The number of nitrogens with one attached hydrogen (secondary N) is 3. The number of carbonyl (C=O) groups is 1. The minimum Gasteiger partial charge on any atom is -0.504 e. The van der Waals surface area contributed by atoms with Gasteiger partial charge in [-0.3, -0.25) is 4.79 Å². The number of rotatable bonds is 4. The molecule has 1 amide bonds. The van der Waals surface area contributed by atoms with Gasteiger partial charge in [0, 0.05) is 11.5 Å². The van der Waals surface area contributed by atoms with Crippen molar-refractivity contribution in [3.05, 3.63) is 59.2 Å². The summed E-state index contributed by atoms with van der Waals surface area (Å²) in [4.78, 5) is 12.6. The Morgan fingerprint density at radius 1 is 1.26 bits per heavy atom. The maximum absolute atomic E-state index is 12.6. The van der Waals surface area contributed by atoms with Crippen LogP contribution in [0.3, 0.4) is 0 Å². The van der Waals surface area contributed by atoms with Crippen molar-refractivity contribution < 1.29 is 14.6 Å². The van der Waals surface area contributed by atoms with Gasteiger partial charge in [-0.1, -0.05) is 30.3 Å². The molecule has 2 aliphatic rings. The molecule has 0 bridgehead atoms. The van der Waals surface area contributed by atoms with E-state index in [0.29, 0.717) is 11.3 Å². The molecule has 7 nitrogen and oxygen atoms in total. The van der Waals surface area contributed by atoms with Crippen molar-refractivity contribution >= 4 is 12.1 Å². The average Bonchev–Trinajstić information content (AvgIpc) is 3.14. The third-order valence-electron chi connectivity index (χ3n) is 5.30. The van der Waals surface area contributed by atoms with E-state index in [1.165, 1.54) is 24.5 Å². The number of para-hydroxylation sites is 1. The fourth-order valence-electron chi connectivity index (χ4n) is 3.92. The summed E-state index contributed by atoms with van der Waals surface area (Å²) in [5.74, 6) is 0.312. The number of benzene rings is 2. The van der Waals surface area contributed by atoms with Gasteiger partial charge in [0.2, 0.25) is 0 Å². The van der Waals surface area contributed by atoms with Crippen LogP contribution in [0.1, 0.15) is 29.2 Å². The van der Waals surface area contributed by atoms with Crippen LogP contribution >= 0.6 is 0 Å². The van der Waals surface area contributed by atoms with Gasteiger partial charge >= 0.3 is 0 Å². The Bertz CT molecular complexity index is 883. The molecule has 3 atom stereocenters. The van der Waals surface area contributed by atoms with Crippen LogP contribution in [0.2, 0.25) is 0 Å². The molecule has 27 heavy (non-hydrogen) atoms. The summed E-state index contributed by atoms with van der Waals surface area (Å²) in [7, 11) is 1.48. The van der Waals surface area contributed by atoms with Gasteiger partial charge in [-0.25, -0.2) is 16.3 Å². The molecule has 3 unspecified atom stereocenters. The smallest absolute Gasteiger partial charge is 0.258 e. The minimum atomic E-state index is -0.362. The van der Waals surface area contributed by atoms with Crippen molar-refractivity contribution in [2.45, 2.75) is 24.9 Å². The molecular weight excluding hydrogens is 344 g/mol. The number of aromatic hydroxyl groups is 1. The van der Waals surface area contributed by atoms with Crippen LogP contribution in [0.25, 0.3) is 0 Å². The number of hydrazone groups is 1. The number of aryl methyl sites for hydroxylation is 1. The summed E-state index contributed by atoms with van der Waals surface area (Å²) in [6.45, 7) is 0. The number of hydrogen-bond acceptors (Lipinski definition) is 6. The largest absolute Gasteiger partial charge is 0.504 e. The Labute approximate surface area is 157 Å². The van der Waals surface area contributed by atoms with Crippen LogP contribution in [0.4, 0.5) is 0 Å². The highest BCUT2D eigenvalue weighted by atomic mass is 16.5. The molecule has 140 valence electrons. The molecule has 2 aromatic carbocycles. The van der Waals surface area contributed by atoms with Gasteiger partial charge in [0.1, 0.15) is 6.04 Å². The first kappa shape index (κ1) is 17.5. The van der Waals surface area contributed by atoms with Crippen LogP contribution in [0.15, 0.2) is 47.6 Å². The summed E-state index contributed by atoms with van der Waals surface area (Å²) in [6.07, 6.45) is 3.30. The van der Waals surface area contributed by atoms with E-state index in [4.69, 9.17) is 4.74 Å². The molecule has 0 spiro atoms. The van der Waals surface area contributed by atoms with E-state index in [9.17, 15) is 9.90 Å². The number of phenols is 1. The molecule has 1 heterocycles. The lowest BCUT2D eigenvalue weighted by Crippen LogP contribution is -2.44. The number of phenolic OH excluding ortho intramolecular Hbond substituents is 1. The highest BCUT2D eigenvalue weighted by molar-refractivity contribution is 5.87. The maximum atomic E-state index is 12.6. The summed E-state index contributed by atoms with van der Waals surface area (Å²) in [5.41, 5.74) is 12.0. The van der Waals surface area contributed by atoms with Crippen molar-refractivity contribution in [3.63, 3.8) is 0 Å². The van der Waals surface area contributed by atoms with E-state index in [1.54, 1.807) is 18.2 Å². The Kier molecular flexibility index (Phi) is 4.79. The van der Waals surface area contributed by atoms with E-state index in [0.717, 1.165) is 12.8 Å². The van der Waals surface area contributed by atoms with Crippen LogP contribution < -0.4 is 21.0 Å². The Morgan fingerprint density at radius 2 is 2.11 bits per heavy atom. The highest BCUT2D eigenvalue weighted by Crippen LogP contribution is 2.38. The number of amides is 1. The molecule has 0 radical (unpaired) electrons. The lowest BCUT2D eigenvalue weighted by molar-refractivity contribution is -0.123. The quantitative estimate of drug-likeness (QED) is 0.487. The van der Waals surface area contributed by atoms with E-state index < -0.39 is 0 Å². The molecule has 1 aliphatic heterocycles. The zero-order chi connectivity index (χ0) is 18.8. The molecule has 4 N–H and O–H groups in total. The van der Waals surface area contributed by atoms with Gasteiger partial charge in [-0.2, -0.15) is 5.10 Å². The van der Waals surface area contributed by atoms with Crippen molar-refractivity contribution in [2.75, 3.05) is 7.11 Å². The topological polar surface area (TPSA) is 95.0 Å². The fraction of sp³-hybridized carbons (Fsp3) is 0.300. The zero-order valence-electron chi connectivity index (χ0n) is 15.0. The van der Waals surface area contributed by atoms with Crippen molar-refractivity contribution in [1.29, 1.82) is 0 Å². The molecule has 1 aliphatic carbocycles. The van der Waals surface area contributed by atoms with E-state index in [1.807, 2.05) is 6.07 Å². The monoisotopic (exact) mass is 366 g/mol. The first-order valence-electron chi connectivity index (χ1n) is 8.97. The molecule has 1 fully saturated rings. The zero-order valence-corrected chi connectivity index (χ0v) is 15.0. The van der Waals surface area contributed by atoms with Crippen LogP contribution in [-0.4, -0.2) is 30.4 Å². The highest BCUT2D eigenvalue weighted by Gasteiger charge is 2.43. The summed E-state index contributed by atoms with van der Waals surface area (Å²) in [6, 6.07) is 13.2. The second-order valence-corrected chi connectivity index (χ2v) is 6.78. The Morgan fingerprint density at radius 3 is 2.96 bits per heavy atom. The predicted octanol–water partition coefficient (Wildman–Crippen LogP) is 1.63. The fourth-order valence-corrected chi connectivity index (χ4v) is 3.92. The second kappa shape index (κ2) is 7.38. The SMILES string of the molecule is COc1cccc(/C=N/NC(=O)C2NNC3c4ccccc4CCC23)c1O. The number of hydrazine groups is 1. The van der Waals surface area contributed by atoms with Crippen molar-refractivity contribution in [1.82, 2.24) is 16.3 Å². The lowest BCUT2D eigenvalue weighted by Gasteiger charge is -2.29. The van der Waals surface area contributed by atoms with E-state index in [2.05, 4.69) is 39.6 Å². The standard InChI is InChI=1S/C20H22N4O3/c1-27-16-8-4-6-13(19(16)25)11-21-24-20(26)18-15-10-9-12-5-2-3-7-14(12)17(15)22-23-18/h2-8,11,15,17-18,22-23,25H,9-10H2,1H3,(H,24,26)/b21-11+. The van der Waals surface area contributed by atoms with Gasteiger partial charge < -0.3 is 9.84 Å². The number of ether oxygens (including phenoxy) is 1. The van der Waals surface area contributed by atoms with Gasteiger partial charge in [0.15, 0.2) is 11.5 Å². The Balaban J connectivity index is 1.43. The van der Waals surface area contributed by atoms with Crippen LogP contribution in [-0.2, 0) is 11.2 Å². The van der Waals surface area contributed by atoms with E-state index in [-0.39, 0.29) is 29.7 Å². The molecule has 1 saturated heterocycles. The third-order valence-corrected chi connectivity index (χ3v) is 5.30. The minimum absolute atomic E-state index is 0.0115. The van der Waals surface area contributed by atoms with Gasteiger partial charge in [-0.15, -0.1) is 0 Å². The average molecular weight is 366 g/mol. The number of methoxy groups -OCH3 is 1. The second-order valence-electron chi connectivity index (χ2n) is 6.78. The predicted molar refractivity (Wildman–Crippen MR) is 101 cm³/mol. The maximum Gasteiger partial charge on any atom is 0.258 e. The van der Waals surface area contributed by atoms with E-state index >= 15 is 0 Å². The molecule has 4 rings (SSSR count). The third kappa shape index (κ3) is 3.27.